The molecule has 22 heavy (non-hydrogen) atoms. The van der Waals surface area contributed by atoms with Gasteiger partial charge in [0.2, 0.25) is 0 Å². The molecular formula is C18H22FN3. The highest BCUT2D eigenvalue weighted by molar-refractivity contribution is 5.44. The number of rotatable bonds is 4. The van der Waals surface area contributed by atoms with Gasteiger partial charge in [-0.25, -0.2) is 4.39 Å². The largest absolute Gasteiger partial charge is 0.382 e. The molecule has 0 radical (unpaired) electrons. The lowest BCUT2D eigenvalue weighted by atomic mass is 9.72. The Balaban J connectivity index is 1.82. The van der Waals surface area contributed by atoms with Crippen molar-refractivity contribution in [2.45, 2.75) is 18.3 Å². The molecule has 116 valence electrons. The summed E-state index contributed by atoms with van der Waals surface area (Å²) >= 11 is 0. The summed E-state index contributed by atoms with van der Waals surface area (Å²) < 4.78 is 13.8. The second-order valence-corrected chi connectivity index (χ2v) is 6.16. The highest BCUT2D eigenvalue weighted by Gasteiger charge is 2.35. The smallest absolute Gasteiger partial charge is 0.164 e. The van der Waals surface area contributed by atoms with E-state index in [2.05, 4.69) is 46.5 Å². The third-order valence-corrected chi connectivity index (χ3v) is 4.72. The molecule has 4 heteroatoms. The molecule has 0 amide bonds. The molecule has 0 aliphatic carbocycles. The lowest BCUT2D eigenvalue weighted by Gasteiger charge is -2.41. The molecule has 1 aromatic heterocycles. The van der Waals surface area contributed by atoms with E-state index in [0.29, 0.717) is 5.69 Å². The molecule has 1 aliphatic heterocycles. The maximum absolute atomic E-state index is 13.8. The number of hydrogen-bond donors (Lipinski definition) is 1. The number of anilines is 1. The van der Waals surface area contributed by atoms with E-state index in [-0.39, 0.29) is 11.2 Å². The molecule has 3 rings (SSSR count). The van der Waals surface area contributed by atoms with Crippen LogP contribution in [-0.4, -0.2) is 36.6 Å². The SMILES string of the molecule is CN1CCC(CNc2ccncc2F)(c2ccccc2)CC1. The van der Waals surface area contributed by atoms with Crippen LogP contribution in [0, 0.1) is 5.82 Å². The van der Waals surface area contributed by atoms with Gasteiger partial charge in [-0.1, -0.05) is 30.3 Å². The van der Waals surface area contributed by atoms with Crippen molar-refractivity contribution in [1.29, 1.82) is 0 Å². The number of halogens is 1. The highest BCUT2D eigenvalue weighted by atomic mass is 19.1. The molecule has 0 bridgehead atoms. The Morgan fingerprint density at radius 3 is 2.59 bits per heavy atom. The number of piperidine rings is 1. The fourth-order valence-electron chi connectivity index (χ4n) is 3.19. The Labute approximate surface area is 131 Å². The topological polar surface area (TPSA) is 28.2 Å². The standard InChI is InChI=1S/C18H22FN3/c1-22-11-8-18(9-12-22,15-5-3-2-4-6-15)14-21-17-7-10-20-13-16(17)19/h2-7,10,13H,8-9,11-12,14H2,1H3,(H,20,21). The molecule has 1 saturated heterocycles. The second kappa shape index (κ2) is 6.44. The van der Waals surface area contributed by atoms with Crippen molar-refractivity contribution in [3.05, 3.63) is 60.2 Å². The van der Waals surface area contributed by atoms with Crippen molar-refractivity contribution < 1.29 is 4.39 Å². The average Bonchev–Trinajstić information content (AvgIpc) is 2.57. The van der Waals surface area contributed by atoms with E-state index < -0.39 is 0 Å². The van der Waals surface area contributed by atoms with Crippen molar-refractivity contribution in [3.63, 3.8) is 0 Å². The normalized spacial score (nSPS) is 18.1. The van der Waals surface area contributed by atoms with Crippen LogP contribution in [0.15, 0.2) is 48.8 Å². The summed E-state index contributed by atoms with van der Waals surface area (Å²) in [6, 6.07) is 12.3. The molecule has 2 heterocycles. The lowest BCUT2D eigenvalue weighted by molar-refractivity contribution is 0.195. The van der Waals surface area contributed by atoms with Gasteiger partial charge in [0.1, 0.15) is 0 Å². The number of nitrogens with one attached hydrogen (secondary N) is 1. The minimum absolute atomic E-state index is 0.0590. The quantitative estimate of drug-likeness (QED) is 0.939. The summed E-state index contributed by atoms with van der Waals surface area (Å²) in [6.45, 7) is 2.87. The summed E-state index contributed by atoms with van der Waals surface area (Å²) in [5.41, 5.74) is 1.93. The van der Waals surface area contributed by atoms with E-state index in [1.54, 1.807) is 12.3 Å². The van der Waals surface area contributed by atoms with Gasteiger partial charge in [-0.3, -0.25) is 4.98 Å². The van der Waals surface area contributed by atoms with Crippen LogP contribution in [0.3, 0.4) is 0 Å². The Morgan fingerprint density at radius 1 is 1.18 bits per heavy atom. The van der Waals surface area contributed by atoms with E-state index in [1.165, 1.54) is 11.8 Å². The number of likely N-dealkylation sites (tertiary alicyclic amines) is 1. The van der Waals surface area contributed by atoms with Gasteiger partial charge >= 0.3 is 0 Å². The van der Waals surface area contributed by atoms with Gasteiger partial charge in [0.25, 0.3) is 0 Å². The van der Waals surface area contributed by atoms with Crippen LogP contribution >= 0.6 is 0 Å². The van der Waals surface area contributed by atoms with E-state index >= 15 is 0 Å². The van der Waals surface area contributed by atoms with Crippen molar-refractivity contribution >= 4 is 5.69 Å². The van der Waals surface area contributed by atoms with E-state index in [4.69, 9.17) is 0 Å². The van der Waals surface area contributed by atoms with Crippen LogP contribution in [0.1, 0.15) is 18.4 Å². The number of pyridine rings is 1. The van der Waals surface area contributed by atoms with Crippen molar-refractivity contribution in [1.82, 2.24) is 9.88 Å². The third kappa shape index (κ3) is 3.12. The molecule has 0 atom stereocenters. The van der Waals surface area contributed by atoms with E-state index in [0.717, 1.165) is 32.5 Å². The fourth-order valence-corrected chi connectivity index (χ4v) is 3.19. The van der Waals surface area contributed by atoms with Crippen LogP contribution in [0.25, 0.3) is 0 Å². The Morgan fingerprint density at radius 2 is 1.91 bits per heavy atom. The molecule has 1 N–H and O–H groups in total. The number of aromatic nitrogens is 1. The summed E-state index contributed by atoms with van der Waals surface area (Å²) in [4.78, 5) is 6.16. The van der Waals surface area contributed by atoms with Gasteiger partial charge in [-0.05, 0) is 44.6 Å². The predicted octanol–water partition coefficient (Wildman–Crippen LogP) is 3.30. The number of benzene rings is 1. The lowest BCUT2D eigenvalue weighted by Crippen LogP contribution is -2.45. The number of hydrogen-bond acceptors (Lipinski definition) is 3. The van der Waals surface area contributed by atoms with Gasteiger partial charge in [-0.15, -0.1) is 0 Å². The maximum atomic E-state index is 13.8. The van der Waals surface area contributed by atoms with Gasteiger partial charge in [-0.2, -0.15) is 0 Å². The maximum Gasteiger partial charge on any atom is 0.164 e. The van der Waals surface area contributed by atoms with Crippen LogP contribution in [0.2, 0.25) is 0 Å². The summed E-state index contributed by atoms with van der Waals surface area (Å²) in [5.74, 6) is -0.293. The molecule has 1 aliphatic rings. The molecule has 3 nitrogen and oxygen atoms in total. The highest BCUT2D eigenvalue weighted by Crippen LogP contribution is 2.35. The summed E-state index contributed by atoms with van der Waals surface area (Å²) in [6.07, 6.45) is 5.03. The van der Waals surface area contributed by atoms with Gasteiger partial charge in [0.15, 0.2) is 5.82 Å². The first kappa shape index (κ1) is 15.0. The van der Waals surface area contributed by atoms with Crippen LogP contribution in [0.5, 0.6) is 0 Å². The third-order valence-electron chi connectivity index (χ3n) is 4.72. The molecular weight excluding hydrogens is 277 g/mol. The second-order valence-electron chi connectivity index (χ2n) is 6.16. The average molecular weight is 299 g/mol. The molecule has 0 unspecified atom stereocenters. The van der Waals surface area contributed by atoms with Crippen molar-refractivity contribution in [2.24, 2.45) is 0 Å². The van der Waals surface area contributed by atoms with Crippen molar-refractivity contribution in [2.75, 3.05) is 32.0 Å². The van der Waals surface area contributed by atoms with Gasteiger partial charge < -0.3 is 10.2 Å². The number of nitrogens with zero attached hydrogens (tertiary/aromatic N) is 2. The van der Waals surface area contributed by atoms with Crippen molar-refractivity contribution in [3.8, 4) is 0 Å². The van der Waals surface area contributed by atoms with Gasteiger partial charge in [0, 0.05) is 18.2 Å². The summed E-state index contributed by atoms with van der Waals surface area (Å²) in [5, 5.41) is 3.30. The summed E-state index contributed by atoms with van der Waals surface area (Å²) in [7, 11) is 2.16. The first-order valence-electron chi connectivity index (χ1n) is 7.77. The fraction of sp³-hybridized carbons (Fsp3) is 0.389. The molecule has 0 saturated carbocycles. The molecule has 1 aromatic carbocycles. The Hall–Kier alpha value is -1.94. The zero-order valence-corrected chi connectivity index (χ0v) is 12.9. The predicted molar refractivity (Wildman–Crippen MR) is 87.5 cm³/mol. The Bertz CT molecular complexity index is 607. The minimum Gasteiger partial charge on any atom is -0.382 e. The van der Waals surface area contributed by atoms with Gasteiger partial charge in [0.05, 0.1) is 11.9 Å². The first-order valence-corrected chi connectivity index (χ1v) is 7.77. The monoisotopic (exact) mass is 299 g/mol. The van der Waals surface area contributed by atoms with Crippen LogP contribution in [0.4, 0.5) is 10.1 Å². The van der Waals surface area contributed by atoms with Crippen LogP contribution in [-0.2, 0) is 5.41 Å². The zero-order chi connectivity index (χ0) is 15.4. The Kier molecular flexibility index (Phi) is 4.39. The zero-order valence-electron chi connectivity index (χ0n) is 12.9. The van der Waals surface area contributed by atoms with E-state index in [1.807, 2.05) is 6.07 Å². The molecule has 1 fully saturated rings. The minimum atomic E-state index is -0.293. The van der Waals surface area contributed by atoms with Crippen LogP contribution < -0.4 is 5.32 Å². The van der Waals surface area contributed by atoms with E-state index in [9.17, 15) is 4.39 Å². The first-order chi connectivity index (χ1) is 10.7. The molecule has 0 spiro atoms. The molecule has 2 aromatic rings.